The number of hydrogen-bond donors (Lipinski definition) is 2. The zero-order valence-electron chi connectivity index (χ0n) is 14.9. The molecule has 0 saturated heterocycles. The number of anilines is 1. The maximum atomic E-state index is 12.5. The van der Waals surface area contributed by atoms with E-state index in [-0.39, 0.29) is 17.4 Å². The fourth-order valence-corrected chi connectivity index (χ4v) is 3.15. The van der Waals surface area contributed by atoms with Gasteiger partial charge in [-0.1, -0.05) is 37.1 Å². The Morgan fingerprint density at radius 3 is 2.32 bits per heavy atom. The predicted molar refractivity (Wildman–Crippen MR) is 103 cm³/mol. The minimum Gasteiger partial charge on any atom is -0.322 e. The molecule has 1 amide bonds. The SMILES string of the molecule is Cc1cc(C)cc(C(=O)Nc2ccc3c(C(C)C)cc(=O)[nH]c3c2)c1. The third-order valence-corrected chi connectivity index (χ3v) is 4.24. The number of H-pyrrole nitrogens is 1. The zero-order chi connectivity index (χ0) is 18.1. The van der Waals surface area contributed by atoms with Crippen molar-refractivity contribution in [3.63, 3.8) is 0 Å². The molecule has 0 radical (unpaired) electrons. The fourth-order valence-electron chi connectivity index (χ4n) is 3.15. The third-order valence-electron chi connectivity index (χ3n) is 4.24. The molecule has 2 aromatic carbocycles. The maximum absolute atomic E-state index is 12.5. The molecule has 1 aromatic heterocycles. The largest absolute Gasteiger partial charge is 0.322 e. The molecule has 1 heterocycles. The molecule has 4 heteroatoms. The van der Waals surface area contributed by atoms with Crippen molar-refractivity contribution in [3.05, 3.63) is 75.1 Å². The fraction of sp³-hybridized carbons (Fsp3) is 0.238. The van der Waals surface area contributed by atoms with Crippen LogP contribution in [0.2, 0.25) is 0 Å². The number of carbonyl (C=O) groups is 1. The number of benzene rings is 2. The van der Waals surface area contributed by atoms with E-state index in [1.54, 1.807) is 6.07 Å². The van der Waals surface area contributed by atoms with Gasteiger partial charge in [-0.15, -0.1) is 0 Å². The number of aromatic amines is 1. The molecule has 3 aromatic rings. The quantitative estimate of drug-likeness (QED) is 0.739. The van der Waals surface area contributed by atoms with Crippen molar-refractivity contribution in [2.75, 3.05) is 5.32 Å². The molecule has 2 N–H and O–H groups in total. The van der Waals surface area contributed by atoms with Gasteiger partial charge in [0.1, 0.15) is 0 Å². The second kappa shape index (κ2) is 6.55. The third kappa shape index (κ3) is 3.63. The second-order valence-electron chi connectivity index (χ2n) is 6.83. The van der Waals surface area contributed by atoms with Gasteiger partial charge in [-0.05, 0) is 49.6 Å². The molecular formula is C21H22N2O2. The standard InChI is InChI=1S/C21H22N2O2/c1-12(2)18-11-20(24)23-19-10-16(5-6-17(18)19)22-21(25)15-8-13(3)7-14(4)9-15/h5-12H,1-4H3,(H,22,25)(H,23,24). The summed E-state index contributed by atoms with van der Waals surface area (Å²) in [5, 5.41) is 3.91. The van der Waals surface area contributed by atoms with Crippen molar-refractivity contribution >= 4 is 22.5 Å². The van der Waals surface area contributed by atoms with Crippen LogP contribution in [0.25, 0.3) is 10.9 Å². The number of fused-ring (bicyclic) bond motifs is 1. The summed E-state index contributed by atoms with van der Waals surface area (Å²) >= 11 is 0. The van der Waals surface area contributed by atoms with Crippen molar-refractivity contribution < 1.29 is 4.79 Å². The highest BCUT2D eigenvalue weighted by Gasteiger charge is 2.10. The monoisotopic (exact) mass is 334 g/mol. The molecule has 3 rings (SSSR count). The number of pyridine rings is 1. The Kier molecular flexibility index (Phi) is 4.45. The summed E-state index contributed by atoms with van der Waals surface area (Å²) in [5.74, 6) is 0.0917. The molecule has 0 unspecified atom stereocenters. The van der Waals surface area contributed by atoms with Crippen LogP contribution in [-0.4, -0.2) is 10.9 Å². The number of carbonyl (C=O) groups excluding carboxylic acids is 1. The first-order valence-electron chi connectivity index (χ1n) is 8.40. The molecule has 0 aliphatic heterocycles. The lowest BCUT2D eigenvalue weighted by Gasteiger charge is -2.12. The van der Waals surface area contributed by atoms with Crippen LogP contribution in [0, 0.1) is 13.8 Å². The van der Waals surface area contributed by atoms with E-state index in [0.717, 1.165) is 27.6 Å². The molecule has 0 aliphatic carbocycles. The second-order valence-corrected chi connectivity index (χ2v) is 6.83. The average molecular weight is 334 g/mol. The first-order valence-corrected chi connectivity index (χ1v) is 8.40. The van der Waals surface area contributed by atoms with Crippen LogP contribution in [0.3, 0.4) is 0 Å². The summed E-state index contributed by atoms with van der Waals surface area (Å²) in [6.45, 7) is 8.06. The summed E-state index contributed by atoms with van der Waals surface area (Å²) in [5.41, 5.74) is 4.99. The minimum absolute atomic E-state index is 0.131. The van der Waals surface area contributed by atoms with E-state index < -0.39 is 0 Å². The van der Waals surface area contributed by atoms with Gasteiger partial charge in [0.15, 0.2) is 0 Å². The molecule has 0 aliphatic rings. The van der Waals surface area contributed by atoms with Crippen molar-refractivity contribution in [2.24, 2.45) is 0 Å². The Morgan fingerprint density at radius 2 is 1.68 bits per heavy atom. The molecule has 0 bridgehead atoms. The van der Waals surface area contributed by atoms with Crippen LogP contribution in [0.4, 0.5) is 5.69 Å². The number of aromatic nitrogens is 1. The van der Waals surface area contributed by atoms with Gasteiger partial charge >= 0.3 is 0 Å². The van der Waals surface area contributed by atoms with Crippen molar-refractivity contribution in [1.29, 1.82) is 0 Å². The smallest absolute Gasteiger partial charge is 0.255 e. The molecule has 0 spiro atoms. The Labute approximate surface area is 146 Å². The van der Waals surface area contributed by atoms with Gasteiger partial charge in [0.05, 0.1) is 5.52 Å². The lowest BCUT2D eigenvalue weighted by Crippen LogP contribution is -2.13. The number of nitrogens with one attached hydrogen (secondary N) is 2. The van der Waals surface area contributed by atoms with Crippen LogP contribution in [-0.2, 0) is 0 Å². The number of aryl methyl sites for hydroxylation is 2. The first kappa shape index (κ1) is 17.0. The van der Waals surface area contributed by atoms with Crippen LogP contribution in [0.1, 0.15) is 46.8 Å². The number of rotatable bonds is 3. The number of hydrogen-bond acceptors (Lipinski definition) is 2. The maximum Gasteiger partial charge on any atom is 0.255 e. The van der Waals surface area contributed by atoms with Crippen LogP contribution in [0.5, 0.6) is 0 Å². The highest BCUT2D eigenvalue weighted by molar-refractivity contribution is 6.05. The van der Waals surface area contributed by atoms with Crippen molar-refractivity contribution in [2.45, 2.75) is 33.6 Å². The summed E-state index contributed by atoms with van der Waals surface area (Å²) in [6.07, 6.45) is 0. The van der Waals surface area contributed by atoms with Gasteiger partial charge in [0.2, 0.25) is 5.56 Å². The molecular weight excluding hydrogens is 312 g/mol. The van der Waals surface area contributed by atoms with E-state index in [1.165, 1.54) is 0 Å². The zero-order valence-corrected chi connectivity index (χ0v) is 14.9. The van der Waals surface area contributed by atoms with E-state index in [4.69, 9.17) is 0 Å². The Balaban J connectivity index is 1.97. The predicted octanol–water partition coefficient (Wildman–Crippen LogP) is 4.52. The van der Waals surface area contributed by atoms with Gasteiger partial charge < -0.3 is 10.3 Å². The van der Waals surface area contributed by atoms with E-state index >= 15 is 0 Å². The van der Waals surface area contributed by atoms with E-state index in [0.29, 0.717) is 11.3 Å². The topological polar surface area (TPSA) is 62.0 Å². The van der Waals surface area contributed by atoms with Crippen molar-refractivity contribution in [3.8, 4) is 0 Å². The van der Waals surface area contributed by atoms with Crippen LogP contribution < -0.4 is 10.9 Å². The molecule has 4 nitrogen and oxygen atoms in total. The van der Waals surface area contributed by atoms with Crippen LogP contribution >= 0.6 is 0 Å². The van der Waals surface area contributed by atoms with E-state index in [1.807, 2.05) is 50.2 Å². The summed E-state index contributed by atoms with van der Waals surface area (Å²) < 4.78 is 0. The Morgan fingerprint density at radius 1 is 1.00 bits per heavy atom. The molecule has 0 fully saturated rings. The van der Waals surface area contributed by atoms with Gasteiger partial charge in [-0.25, -0.2) is 0 Å². The summed E-state index contributed by atoms with van der Waals surface area (Å²) in [6, 6.07) is 13.0. The highest BCUT2D eigenvalue weighted by Crippen LogP contribution is 2.25. The molecule has 0 atom stereocenters. The summed E-state index contributed by atoms with van der Waals surface area (Å²) in [4.78, 5) is 27.3. The van der Waals surface area contributed by atoms with E-state index in [2.05, 4.69) is 24.1 Å². The van der Waals surface area contributed by atoms with Gasteiger partial charge in [-0.2, -0.15) is 0 Å². The van der Waals surface area contributed by atoms with E-state index in [9.17, 15) is 9.59 Å². The number of amides is 1. The highest BCUT2D eigenvalue weighted by atomic mass is 16.1. The minimum atomic E-state index is -0.159. The van der Waals surface area contributed by atoms with Crippen molar-refractivity contribution in [1.82, 2.24) is 4.98 Å². The Hall–Kier alpha value is -2.88. The molecule has 25 heavy (non-hydrogen) atoms. The molecule has 128 valence electrons. The van der Waals surface area contributed by atoms with Gasteiger partial charge in [0, 0.05) is 22.7 Å². The normalized spacial score (nSPS) is 11.1. The summed E-state index contributed by atoms with van der Waals surface area (Å²) in [7, 11) is 0. The molecule has 0 saturated carbocycles. The lowest BCUT2D eigenvalue weighted by atomic mass is 9.99. The first-order chi connectivity index (χ1) is 11.8. The van der Waals surface area contributed by atoms with Crippen LogP contribution in [0.15, 0.2) is 47.3 Å². The Bertz CT molecular complexity index is 996. The van der Waals surface area contributed by atoms with Gasteiger partial charge in [-0.3, -0.25) is 9.59 Å². The van der Waals surface area contributed by atoms with Gasteiger partial charge in [0.25, 0.3) is 5.91 Å². The average Bonchev–Trinajstić information content (AvgIpc) is 2.52. The lowest BCUT2D eigenvalue weighted by molar-refractivity contribution is 0.102.